The molecule has 18 heavy (non-hydrogen) atoms. The Bertz CT molecular complexity index is 416. The Balaban J connectivity index is 2.14. The molecule has 1 aliphatic rings. The number of aryl methyl sites for hydroxylation is 1. The molecule has 2 rings (SSSR count). The summed E-state index contributed by atoms with van der Waals surface area (Å²) in [6, 6.07) is 5.53. The molecule has 1 aliphatic carbocycles. The van der Waals surface area contributed by atoms with Gasteiger partial charge in [-0.05, 0) is 69.3 Å². The molecular formula is C16H22FN. The third kappa shape index (κ3) is 3.42. The van der Waals surface area contributed by atoms with Crippen molar-refractivity contribution >= 4 is 0 Å². The molecule has 0 fully saturated rings. The Labute approximate surface area is 109 Å². The lowest BCUT2D eigenvalue weighted by molar-refractivity contribution is 0.551. The van der Waals surface area contributed by atoms with Crippen LogP contribution in [0.15, 0.2) is 29.8 Å². The van der Waals surface area contributed by atoms with Gasteiger partial charge in [0.15, 0.2) is 0 Å². The Hall–Kier alpha value is -1.15. The molecule has 0 amide bonds. The summed E-state index contributed by atoms with van der Waals surface area (Å²) in [5.41, 5.74) is 3.56. The zero-order valence-electron chi connectivity index (χ0n) is 11.3. The van der Waals surface area contributed by atoms with Gasteiger partial charge in [0.2, 0.25) is 0 Å². The largest absolute Gasteiger partial charge is 0.313 e. The zero-order chi connectivity index (χ0) is 13.0. The van der Waals surface area contributed by atoms with Crippen LogP contribution >= 0.6 is 0 Å². The number of allylic oxidation sites excluding steroid dienone is 1. The molecular weight excluding hydrogens is 225 g/mol. The molecule has 0 saturated heterocycles. The zero-order valence-corrected chi connectivity index (χ0v) is 11.3. The topological polar surface area (TPSA) is 12.0 Å². The molecule has 1 nitrogen and oxygen atoms in total. The van der Waals surface area contributed by atoms with Crippen molar-refractivity contribution in [2.24, 2.45) is 0 Å². The van der Waals surface area contributed by atoms with E-state index in [0.29, 0.717) is 0 Å². The van der Waals surface area contributed by atoms with Gasteiger partial charge in [-0.1, -0.05) is 17.7 Å². The summed E-state index contributed by atoms with van der Waals surface area (Å²) in [7, 11) is 1.95. The summed E-state index contributed by atoms with van der Waals surface area (Å²) in [6.45, 7) is 1.94. The molecule has 1 atom stereocenters. The molecule has 1 unspecified atom stereocenters. The molecule has 1 aromatic carbocycles. The Morgan fingerprint density at radius 2 is 2.11 bits per heavy atom. The van der Waals surface area contributed by atoms with Crippen molar-refractivity contribution < 1.29 is 4.39 Å². The molecule has 0 saturated carbocycles. The minimum absolute atomic E-state index is 0.136. The van der Waals surface area contributed by atoms with E-state index in [-0.39, 0.29) is 11.9 Å². The fourth-order valence-corrected chi connectivity index (χ4v) is 2.70. The van der Waals surface area contributed by atoms with Crippen LogP contribution in [-0.4, -0.2) is 7.05 Å². The van der Waals surface area contributed by atoms with Gasteiger partial charge in [0.1, 0.15) is 5.82 Å². The van der Waals surface area contributed by atoms with Crippen molar-refractivity contribution in [1.29, 1.82) is 0 Å². The van der Waals surface area contributed by atoms with Crippen LogP contribution in [-0.2, 0) is 0 Å². The highest BCUT2D eigenvalue weighted by Crippen LogP contribution is 2.28. The van der Waals surface area contributed by atoms with E-state index in [4.69, 9.17) is 0 Å². The summed E-state index contributed by atoms with van der Waals surface area (Å²) >= 11 is 0. The predicted octanol–water partition coefficient (Wildman–Crippen LogP) is 4.29. The number of hydrogen-bond acceptors (Lipinski definition) is 1. The van der Waals surface area contributed by atoms with Crippen LogP contribution in [0.2, 0.25) is 0 Å². The first kappa shape index (κ1) is 13.3. The first-order valence-electron chi connectivity index (χ1n) is 6.81. The van der Waals surface area contributed by atoms with Gasteiger partial charge in [-0.15, -0.1) is 0 Å². The highest BCUT2D eigenvalue weighted by atomic mass is 19.1. The van der Waals surface area contributed by atoms with E-state index in [0.717, 1.165) is 17.5 Å². The van der Waals surface area contributed by atoms with Crippen LogP contribution in [0.1, 0.15) is 49.3 Å². The van der Waals surface area contributed by atoms with E-state index >= 15 is 0 Å². The molecule has 1 aromatic rings. The van der Waals surface area contributed by atoms with E-state index in [2.05, 4.69) is 17.5 Å². The van der Waals surface area contributed by atoms with Gasteiger partial charge < -0.3 is 5.32 Å². The third-order valence-corrected chi connectivity index (χ3v) is 3.67. The fourth-order valence-electron chi connectivity index (χ4n) is 2.70. The third-order valence-electron chi connectivity index (χ3n) is 3.67. The van der Waals surface area contributed by atoms with E-state index < -0.39 is 0 Å². The van der Waals surface area contributed by atoms with Crippen LogP contribution in [0.4, 0.5) is 4.39 Å². The van der Waals surface area contributed by atoms with Gasteiger partial charge in [-0.3, -0.25) is 0 Å². The highest BCUT2D eigenvalue weighted by Gasteiger charge is 2.14. The summed E-state index contributed by atoms with van der Waals surface area (Å²) in [6.07, 6.45) is 8.37. The number of nitrogens with one attached hydrogen (secondary N) is 1. The first-order valence-corrected chi connectivity index (χ1v) is 6.81. The van der Waals surface area contributed by atoms with Gasteiger partial charge in [0.05, 0.1) is 0 Å². The first-order chi connectivity index (χ1) is 8.69. The monoisotopic (exact) mass is 247 g/mol. The Morgan fingerprint density at radius 1 is 1.28 bits per heavy atom. The molecule has 0 spiro atoms. The van der Waals surface area contributed by atoms with Crippen LogP contribution in [0, 0.1) is 12.7 Å². The van der Waals surface area contributed by atoms with Crippen molar-refractivity contribution in [2.75, 3.05) is 7.05 Å². The molecule has 0 aromatic heterocycles. The van der Waals surface area contributed by atoms with Crippen molar-refractivity contribution in [3.8, 4) is 0 Å². The molecule has 1 N–H and O–H groups in total. The van der Waals surface area contributed by atoms with Crippen molar-refractivity contribution in [3.63, 3.8) is 0 Å². The second-order valence-corrected chi connectivity index (χ2v) is 5.22. The van der Waals surface area contributed by atoms with Gasteiger partial charge in [0, 0.05) is 6.04 Å². The van der Waals surface area contributed by atoms with Crippen molar-refractivity contribution in [2.45, 2.75) is 45.1 Å². The average Bonchev–Trinajstić information content (AvgIpc) is 2.36. The number of halogens is 1. The lowest BCUT2D eigenvalue weighted by Gasteiger charge is -2.21. The maximum atomic E-state index is 13.5. The summed E-state index contributed by atoms with van der Waals surface area (Å²) in [5, 5.41) is 3.31. The number of hydrogen-bond donors (Lipinski definition) is 1. The predicted molar refractivity (Wildman–Crippen MR) is 74.1 cm³/mol. The summed E-state index contributed by atoms with van der Waals surface area (Å²) in [4.78, 5) is 0. The van der Waals surface area contributed by atoms with Gasteiger partial charge in [0.25, 0.3) is 0 Å². The van der Waals surface area contributed by atoms with E-state index in [1.165, 1.54) is 31.3 Å². The lowest BCUT2D eigenvalue weighted by Crippen LogP contribution is -2.18. The van der Waals surface area contributed by atoms with Crippen LogP contribution < -0.4 is 5.32 Å². The van der Waals surface area contributed by atoms with Gasteiger partial charge in [-0.2, -0.15) is 0 Å². The number of benzene rings is 1. The van der Waals surface area contributed by atoms with E-state index in [1.807, 2.05) is 14.0 Å². The smallest absolute Gasteiger partial charge is 0.123 e. The maximum Gasteiger partial charge on any atom is 0.123 e. The molecule has 0 aliphatic heterocycles. The van der Waals surface area contributed by atoms with Gasteiger partial charge >= 0.3 is 0 Å². The van der Waals surface area contributed by atoms with Gasteiger partial charge in [-0.25, -0.2) is 4.39 Å². The molecule has 2 heteroatoms. The van der Waals surface area contributed by atoms with Crippen LogP contribution in [0.3, 0.4) is 0 Å². The van der Waals surface area contributed by atoms with Crippen LogP contribution in [0.5, 0.6) is 0 Å². The van der Waals surface area contributed by atoms with E-state index in [9.17, 15) is 4.39 Å². The second-order valence-electron chi connectivity index (χ2n) is 5.22. The average molecular weight is 247 g/mol. The Morgan fingerprint density at radius 3 is 2.72 bits per heavy atom. The summed E-state index contributed by atoms with van der Waals surface area (Å²) < 4.78 is 13.5. The number of rotatable bonds is 4. The molecule has 98 valence electrons. The molecule has 0 radical (unpaired) electrons. The lowest BCUT2D eigenvalue weighted by atomic mass is 9.91. The normalized spacial score (nSPS) is 17.4. The fraction of sp³-hybridized carbons (Fsp3) is 0.500. The highest BCUT2D eigenvalue weighted by molar-refractivity contribution is 5.27. The van der Waals surface area contributed by atoms with Crippen LogP contribution in [0.25, 0.3) is 0 Å². The van der Waals surface area contributed by atoms with E-state index in [1.54, 1.807) is 12.1 Å². The SMILES string of the molecule is CNC(CC1=CCCCC1)c1cc(C)cc(F)c1. The maximum absolute atomic E-state index is 13.5. The second kappa shape index (κ2) is 6.14. The minimum Gasteiger partial charge on any atom is -0.313 e. The standard InChI is InChI=1S/C16H22FN/c1-12-8-14(11-15(17)9-12)16(18-2)10-13-6-4-3-5-7-13/h6,8-9,11,16,18H,3-5,7,10H2,1-2H3. The van der Waals surface area contributed by atoms with Crippen molar-refractivity contribution in [3.05, 3.63) is 46.8 Å². The minimum atomic E-state index is -0.136. The molecule has 0 bridgehead atoms. The van der Waals surface area contributed by atoms with Crippen molar-refractivity contribution in [1.82, 2.24) is 5.32 Å². The molecule has 0 heterocycles. The quantitative estimate of drug-likeness (QED) is 0.783. The Kier molecular flexibility index (Phi) is 4.54. The summed E-state index contributed by atoms with van der Waals surface area (Å²) in [5.74, 6) is -0.136.